The second kappa shape index (κ2) is 40.3. The number of ether oxygens (including phenoxy) is 3. The second-order valence-electron chi connectivity index (χ2n) is 12.4. The number of halogens is 5. The smallest absolute Gasteiger partial charge is 0.338 e. The first-order valence-corrected chi connectivity index (χ1v) is 21.0. The van der Waals surface area contributed by atoms with Gasteiger partial charge in [0.15, 0.2) is 11.6 Å². The van der Waals surface area contributed by atoms with Crippen LogP contribution in [0, 0.1) is 23.3 Å². The molecule has 6 N–H and O–H groups in total. The maximum absolute atomic E-state index is 13.5. The minimum atomic E-state index is -0.701. The van der Waals surface area contributed by atoms with E-state index in [4.69, 9.17) is 40.5 Å². The summed E-state index contributed by atoms with van der Waals surface area (Å²) in [7, 11) is 0. The first-order valence-electron chi connectivity index (χ1n) is 20.2. The maximum atomic E-state index is 13.5. The van der Waals surface area contributed by atoms with Gasteiger partial charge in [0.05, 0.1) is 53.3 Å². The molecule has 0 heterocycles. The fourth-order valence-electron chi connectivity index (χ4n) is 4.36. The van der Waals surface area contributed by atoms with E-state index in [9.17, 15) is 41.5 Å². The number of aliphatic hydroxyl groups excluding tert-OH is 3. The zero-order chi connectivity index (χ0) is 51.5. The average molecular weight is 1090 g/mol. The summed E-state index contributed by atoms with van der Waals surface area (Å²) in [5.41, 5.74) is 6.79. The third-order valence-electron chi connectivity index (χ3n) is 7.19. The number of hydrogen-bond donors (Lipinski definition) is 5. The zero-order valence-electron chi connectivity index (χ0n) is 39.3. The number of oxime groups is 1. The van der Waals surface area contributed by atoms with Crippen LogP contribution in [-0.2, 0) is 46.9 Å². The third-order valence-corrected chi connectivity index (χ3v) is 7.69. The molecule has 0 amide bonds. The van der Waals surface area contributed by atoms with Crippen molar-refractivity contribution in [2.75, 3.05) is 39.6 Å². The van der Waals surface area contributed by atoms with Crippen LogP contribution < -0.4 is 5.73 Å². The molecule has 0 saturated carbocycles. The number of carbonyl (C=O) groups excluding carboxylic acids is 5. The van der Waals surface area contributed by atoms with E-state index in [-0.39, 0.29) is 129 Å². The summed E-state index contributed by atoms with van der Waals surface area (Å²) in [5, 5.41) is 34.1. The SMILES string of the molecule is CC(=O)c1ccc(Br)cc1F.CCO.CCO.CCO.CCOC(=O)c1ccc(/C(C)=N\O)c(F)c1.CCOC(=O)c1ccc(C(C)=O)c(F)c1.CCOC(=O)c1ccc(C(C)N)c(F)c1.[Y]. The summed E-state index contributed by atoms with van der Waals surface area (Å²) in [6, 6.07) is 15.7. The molecule has 1 radical (unpaired) electrons. The van der Waals surface area contributed by atoms with Crippen molar-refractivity contribution in [1.82, 2.24) is 0 Å². The molecule has 0 aliphatic carbocycles. The zero-order valence-corrected chi connectivity index (χ0v) is 43.7. The third kappa shape index (κ3) is 28.9. The summed E-state index contributed by atoms with van der Waals surface area (Å²) in [5.74, 6) is -4.60. The van der Waals surface area contributed by atoms with Gasteiger partial charge in [-0.15, -0.1) is 0 Å². The molecule has 0 aliphatic heterocycles. The van der Waals surface area contributed by atoms with Crippen LogP contribution in [0.4, 0.5) is 17.6 Å². The Labute approximate surface area is 422 Å². The Balaban J connectivity index is -0.000000372. The van der Waals surface area contributed by atoms with Crippen LogP contribution in [0.15, 0.2) is 82.4 Å². The fraction of sp³-hybridized carbons (Fsp3) is 0.362. The number of nitrogens with zero attached hydrogens (tertiary/aromatic N) is 1. The molecule has 0 aromatic heterocycles. The average Bonchev–Trinajstić information content (AvgIpc) is 3.24. The molecule has 0 bridgehead atoms. The van der Waals surface area contributed by atoms with Gasteiger partial charge in [0.1, 0.15) is 23.3 Å². The van der Waals surface area contributed by atoms with Gasteiger partial charge in [-0.2, -0.15) is 0 Å². The van der Waals surface area contributed by atoms with Crippen molar-refractivity contribution in [3.63, 3.8) is 0 Å². The van der Waals surface area contributed by atoms with Crippen LogP contribution in [0.5, 0.6) is 0 Å². The van der Waals surface area contributed by atoms with E-state index in [1.54, 1.807) is 54.5 Å². The molecule has 0 aliphatic rings. The van der Waals surface area contributed by atoms with Crippen LogP contribution in [0.2, 0.25) is 0 Å². The Morgan fingerprint density at radius 2 is 0.866 bits per heavy atom. The second-order valence-corrected chi connectivity index (χ2v) is 13.4. The Kier molecular flexibility index (Phi) is 41.4. The molecule has 369 valence electrons. The van der Waals surface area contributed by atoms with Crippen molar-refractivity contribution in [2.45, 2.75) is 75.3 Å². The number of esters is 3. The van der Waals surface area contributed by atoms with E-state index >= 15 is 0 Å². The van der Waals surface area contributed by atoms with Crippen LogP contribution in [0.1, 0.15) is 138 Å². The Bertz CT molecular complexity index is 2140. The normalized spacial score (nSPS) is 10.0. The van der Waals surface area contributed by atoms with Crippen LogP contribution in [0.25, 0.3) is 0 Å². The molecule has 4 rings (SSSR count). The van der Waals surface area contributed by atoms with Crippen LogP contribution in [-0.4, -0.2) is 95.4 Å². The topological polar surface area (TPSA) is 232 Å². The molecule has 4 aromatic rings. The summed E-state index contributed by atoms with van der Waals surface area (Å²) in [6.45, 7) is 17.3. The first kappa shape index (κ1) is 68.8. The number of Topliss-reactive ketones (excluding diaryl/α,β-unsaturated/α-hetero) is 2. The molecule has 20 heteroatoms. The molecular weight excluding hydrogens is 1030 g/mol. The largest absolute Gasteiger partial charge is 0.462 e. The van der Waals surface area contributed by atoms with E-state index in [1.807, 2.05) is 0 Å². The number of ketones is 2. The van der Waals surface area contributed by atoms with Gasteiger partial charge in [-0.1, -0.05) is 27.2 Å². The van der Waals surface area contributed by atoms with Crippen molar-refractivity contribution in [1.29, 1.82) is 0 Å². The molecule has 67 heavy (non-hydrogen) atoms. The number of aliphatic hydroxyl groups is 3. The van der Waals surface area contributed by atoms with E-state index in [2.05, 4.69) is 21.1 Å². The number of nitrogens with two attached hydrogens (primary N) is 1. The predicted molar refractivity (Wildman–Crippen MR) is 246 cm³/mol. The minimum absolute atomic E-state index is 0. The van der Waals surface area contributed by atoms with Crippen molar-refractivity contribution in [3.8, 4) is 0 Å². The Hall–Kier alpha value is -4.76. The maximum Gasteiger partial charge on any atom is 0.338 e. The van der Waals surface area contributed by atoms with E-state index in [0.717, 1.165) is 18.2 Å². The quantitative estimate of drug-likeness (QED) is 0.0190. The first-order chi connectivity index (χ1) is 31.1. The predicted octanol–water partition coefficient (Wildman–Crippen LogP) is 9.21. The van der Waals surface area contributed by atoms with Gasteiger partial charge in [-0.05, 0) is 136 Å². The van der Waals surface area contributed by atoms with Gasteiger partial charge >= 0.3 is 17.9 Å². The molecule has 14 nitrogen and oxygen atoms in total. The molecule has 0 spiro atoms. The Morgan fingerprint density at radius 1 is 0.567 bits per heavy atom. The number of rotatable bonds is 10. The minimum Gasteiger partial charge on any atom is -0.462 e. The van der Waals surface area contributed by atoms with E-state index in [1.165, 1.54) is 69.3 Å². The van der Waals surface area contributed by atoms with Crippen molar-refractivity contribution >= 4 is 51.1 Å². The van der Waals surface area contributed by atoms with Crippen molar-refractivity contribution in [2.24, 2.45) is 10.9 Å². The van der Waals surface area contributed by atoms with Crippen LogP contribution >= 0.6 is 15.9 Å². The van der Waals surface area contributed by atoms with Gasteiger partial charge in [0, 0.05) is 74.2 Å². The van der Waals surface area contributed by atoms with Gasteiger partial charge < -0.3 is 40.5 Å². The standard InChI is InChI=1S/C11H12FNO3.C11H14FNO2.C11H11FO3.C8H6BrFO.3C2H6O.Y/c1-3-16-11(14)8-4-5-9(7(2)13-15)10(12)6-8;2*1-3-15-11(14)8-4-5-9(7(2)13)10(12)6-8;1-5(11)7-3-2-6(9)4-8(7)10;3*1-2-3;/h4-6,15H,3H2,1-2H3;4-7H,3,13H2,1-2H3;4-6H,3H2,1-2H3;2-4H,1H3;3*3H,2H2,1H3;/b13-7-;;;;;;;. The molecule has 0 fully saturated rings. The number of benzene rings is 4. The van der Waals surface area contributed by atoms with Gasteiger partial charge in [-0.25, -0.2) is 31.9 Å². The number of carbonyl (C=O) groups is 5. The van der Waals surface area contributed by atoms with E-state index in [0.29, 0.717) is 10.0 Å². The van der Waals surface area contributed by atoms with Gasteiger partial charge in [0.2, 0.25) is 0 Å². The molecule has 1 unspecified atom stereocenters. The summed E-state index contributed by atoms with van der Waals surface area (Å²) in [6.07, 6.45) is 0. The van der Waals surface area contributed by atoms with E-state index < -0.39 is 41.2 Å². The molecule has 4 aromatic carbocycles. The van der Waals surface area contributed by atoms with Gasteiger partial charge in [-0.3, -0.25) is 9.59 Å². The molecule has 1 atom stereocenters. The summed E-state index contributed by atoms with van der Waals surface area (Å²) >= 11 is 3.09. The van der Waals surface area contributed by atoms with Gasteiger partial charge in [0.25, 0.3) is 0 Å². The number of hydrogen-bond acceptors (Lipinski definition) is 14. The summed E-state index contributed by atoms with van der Waals surface area (Å²) in [4.78, 5) is 55.4. The Morgan fingerprint density at radius 3 is 1.13 bits per heavy atom. The summed E-state index contributed by atoms with van der Waals surface area (Å²) < 4.78 is 67.8. The molecule has 0 saturated heterocycles. The van der Waals surface area contributed by atoms with Crippen molar-refractivity contribution in [3.05, 3.63) is 139 Å². The molecular formula is C47H61BrF4N2O12Y. The fourth-order valence-corrected chi connectivity index (χ4v) is 4.69. The monoisotopic (exact) mass is 1090 g/mol. The van der Waals surface area contributed by atoms with Crippen molar-refractivity contribution < 1.29 is 109 Å². The van der Waals surface area contributed by atoms with Crippen LogP contribution in [0.3, 0.4) is 0 Å².